The number of hydrogen-bond acceptors (Lipinski definition) is 5. The minimum Gasteiger partial charge on any atom is -0.381 e. The third-order valence-electron chi connectivity index (χ3n) is 3.25. The maximum Gasteiger partial charge on any atom is 0.164 e. The highest BCUT2D eigenvalue weighted by Gasteiger charge is 2.24. The van der Waals surface area contributed by atoms with Gasteiger partial charge in [0.25, 0.3) is 0 Å². The first-order chi connectivity index (χ1) is 8.09. The second kappa shape index (κ2) is 5.14. The minimum absolute atomic E-state index is 0.0774. The number of anilines is 1. The first kappa shape index (κ1) is 12.5. The number of nitrogens with zero attached hydrogens (tertiary/aromatic N) is 1. The summed E-state index contributed by atoms with van der Waals surface area (Å²) >= 11 is 1.37. The van der Waals surface area contributed by atoms with Crippen molar-refractivity contribution in [3.8, 4) is 0 Å². The number of nitrogens with one attached hydrogen (secondary N) is 1. The van der Waals surface area contributed by atoms with Gasteiger partial charge in [0.05, 0.1) is 17.9 Å². The quantitative estimate of drug-likeness (QED) is 0.839. The summed E-state index contributed by atoms with van der Waals surface area (Å²) in [6, 6.07) is 0.315. The summed E-state index contributed by atoms with van der Waals surface area (Å²) in [4.78, 5) is 11.6. The second-order valence-electron chi connectivity index (χ2n) is 4.58. The van der Waals surface area contributed by atoms with Crippen LogP contribution in [0.25, 0.3) is 0 Å². The SMILES string of the molecule is CC(=O)c1c(C)nsc1NC(C)C1CCOC1. The third kappa shape index (κ3) is 2.66. The van der Waals surface area contributed by atoms with Crippen molar-refractivity contribution in [1.82, 2.24) is 4.37 Å². The molecule has 1 aliphatic rings. The van der Waals surface area contributed by atoms with Crippen LogP contribution in [0.2, 0.25) is 0 Å². The lowest BCUT2D eigenvalue weighted by Crippen LogP contribution is -2.26. The van der Waals surface area contributed by atoms with Crippen LogP contribution in [0.4, 0.5) is 5.00 Å². The highest BCUT2D eigenvalue weighted by atomic mass is 32.1. The highest BCUT2D eigenvalue weighted by Crippen LogP contribution is 2.28. The van der Waals surface area contributed by atoms with Crippen LogP contribution in [0.15, 0.2) is 0 Å². The normalized spacial score (nSPS) is 21.5. The van der Waals surface area contributed by atoms with Crippen LogP contribution >= 0.6 is 11.5 Å². The van der Waals surface area contributed by atoms with Crippen molar-refractivity contribution in [2.24, 2.45) is 5.92 Å². The molecule has 4 nitrogen and oxygen atoms in total. The zero-order valence-corrected chi connectivity index (χ0v) is 11.3. The fourth-order valence-electron chi connectivity index (χ4n) is 2.15. The Bertz CT molecular complexity index is 411. The Morgan fingerprint density at radius 3 is 3.00 bits per heavy atom. The van der Waals surface area contributed by atoms with Gasteiger partial charge in [0.1, 0.15) is 5.00 Å². The van der Waals surface area contributed by atoms with Crippen LogP contribution in [0.3, 0.4) is 0 Å². The van der Waals surface area contributed by atoms with E-state index < -0.39 is 0 Å². The average Bonchev–Trinajstić information content (AvgIpc) is 2.87. The number of aryl methyl sites for hydroxylation is 1. The topological polar surface area (TPSA) is 51.2 Å². The summed E-state index contributed by atoms with van der Waals surface area (Å²) in [6.07, 6.45) is 1.08. The Labute approximate surface area is 106 Å². The first-order valence-electron chi connectivity index (χ1n) is 5.91. The molecule has 0 aliphatic carbocycles. The number of carbonyl (C=O) groups excluding carboxylic acids is 1. The van der Waals surface area contributed by atoms with E-state index in [1.165, 1.54) is 11.5 Å². The first-order valence-corrected chi connectivity index (χ1v) is 6.68. The summed E-state index contributed by atoms with van der Waals surface area (Å²) in [5.74, 6) is 0.603. The van der Waals surface area contributed by atoms with Crippen LogP contribution in [0.5, 0.6) is 0 Å². The molecule has 1 saturated heterocycles. The van der Waals surface area contributed by atoms with E-state index >= 15 is 0 Å². The Morgan fingerprint density at radius 2 is 2.41 bits per heavy atom. The van der Waals surface area contributed by atoms with Gasteiger partial charge in [-0.05, 0) is 38.7 Å². The Morgan fingerprint density at radius 1 is 1.65 bits per heavy atom. The third-order valence-corrected chi connectivity index (χ3v) is 4.12. The van der Waals surface area contributed by atoms with Gasteiger partial charge >= 0.3 is 0 Å². The number of carbonyl (C=O) groups is 1. The highest BCUT2D eigenvalue weighted by molar-refractivity contribution is 7.10. The van der Waals surface area contributed by atoms with E-state index in [1.807, 2.05) is 6.92 Å². The number of hydrogen-bond donors (Lipinski definition) is 1. The Balaban J connectivity index is 2.10. The van der Waals surface area contributed by atoms with Crippen molar-refractivity contribution < 1.29 is 9.53 Å². The van der Waals surface area contributed by atoms with Crippen molar-refractivity contribution in [3.05, 3.63) is 11.3 Å². The van der Waals surface area contributed by atoms with Gasteiger partial charge in [-0.1, -0.05) is 0 Å². The van der Waals surface area contributed by atoms with Gasteiger partial charge in [-0.3, -0.25) is 4.79 Å². The van der Waals surface area contributed by atoms with Crippen molar-refractivity contribution in [3.63, 3.8) is 0 Å². The molecule has 0 radical (unpaired) electrons. The summed E-state index contributed by atoms with van der Waals surface area (Å²) in [5.41, 5.74) is 1.56. The molecule has 1 aromatic rings. The fraction of sp³-hybridized carbons (Fsp3) is 0.667. The van der Waals surface area contributed by atoms with E-state index in [1.54, 1.807) is 6.92 Å². The molecule has 2 atom stereocenters. The lowest BCUT2D eigenvalue weighted by molar-refractivity contribution is 0.101. The number of aromatic nitrogens is 1. The molecule has 5 heteroatoms. The molecule has 1 aromatic heterocycles. The van der Waals surface area contributed by atoms with Gasteiger partial charge in [0, 0.05) is 18.6 Å². The van der Waals surface area contributed by atoms with Crippen LogP contribution in [0, 0.1) is 12.8 Å². The molecule has 1 fully saturated rings. The van der Waals surface area contributed by atoms with Crippen LogP contribution in [0.1, 0.15) is 36.3 Å². The maximum atomic E-state index is 11.6. The zero-order chi connectivity index (χ0) is 12.4. The van der Waals surface area contributed by atoms with E-state index in [9.17, 15) is 4.79 Å². The minimum atomic E-state index is 0.0774. The molecule has 17 heavy (non-hydrogen) atoms. The van der Waals surface area contributed by atoms with Gasteiger partial charge in [-0.25, -0.2) is 0 Å². The van der Waals surface area contributed by atoms with Crippen LogP contribution in [-0.2, 0) is 4.74 Å². The van der Waals surface area contributed by atoms with E-state index in [2.05, 4.69) is 16.6 Å². The van der Waals surface area contributed by atoms with Crippen molar-refractivity contribution in [2.75, 3.05) is 18.5 Å². The zero-order valence-electron chi connectivity index (χ0n) is 10.4. The lowest BCUT2D eigenvalue weighted by atomic mass is 10.0. The van der Waals surface area contributed by atoms with Crippen molar-refractivity contribution in [2.45, 2.75) is 33.2 Å². The van der Waals surface area contributed by atoms with Gasteiger partial charge < -0.3 is 10.1 Å². The Kier molecular flexibility index (Phi) is 3.79. The molecule has 0 saturated carbocycles. The maximum absolute atomic E-state index is 11.6. The predicted molar refractivity (Wildman–Crippen MR) is 68.9 cm³/mol. The molecule has 2 unspecified atom stereocenters. The fourth-order valence-corrected chi connectivity index (χ4v) is 3.10. The van der Waals surface area contributed by atoms with Crippen molar-refractivity contribution >= 4 is 22.3 Å². The standard InChI is InChI=1S/C12H18N2O2S/c1-7(10-4-5-16-6-10)13-12-11(9(3)15)8(2)14-17-12/h7,10,13H,4-6H2,1-3H3. The molecule has 94 valence electrons. The van der Waals surface area contributed by atoms with Gasteiger partial charge in [0.15, 0.2) is 5.78 Å². The summed E-state index contributed by atoms with van der Waals surface area (Å²) < 4.78 is 9.62. The second-order valence-corrected chi connectivity index (χ2v) is 5.36. The monoisotopic (exact) mass is 254 g/mol. The molecule has 0 bridgehead atoms. The van der Waals surface area contributed by atoms with Crippen molar-refractivity contribution in [1.29, 1.82) is 0 Å². The average molecular weight is 254 g/mol. The largest absolute Gasteiger partial charge is 0.381 e. The summed E-state index contributed by atoms with van der Waals surface area (Å²) in [7, 11) is 0. The summed E-state index contributed by atoms with van der Waals surface area (Å²) in [5, 5.41) is 4.31. The molecule has 0 aromatic carbocycles. The number of ketones is 1. The van der Waals surface area contributed by atoms with Gasteiger partial charge in [-0.15, -0.1) is 0 Å². The van der Waals surface area contributed by atoms with Crippen LogP contribution < -0.4 is 5.32 Å². The Hall–Kier alpha value is -0.940. The van der Waals surface area contributed by atoms with E-state index in [0.29, 0.717) is 12.0 Å². The molecule has 0 spiro atoms. The molecule has 2 heterocycles. The predicted octanol–water partition coefficient (Wildman–Crippen LogP) is 2.49. The lowest BCUT2D eigenvalue weighted by Gasteiger charge is -2.19. The summed E-state index contributed by atoms with van der Waals surface area (Å²) in [6.45, 7) is 7.25. The molecular formula is C12H18N2O2S. The van der Waals surface area contributed by atoms with Gasteiger partial charge in [-0.2, -0.15) is 4.37 Å². The number of rotatable bonds is 4. The van der Waals surface area contributed by atoms with Gasteiger partial charge in [0.2, 0.25) is 0 Å². The molecule has 1 N–H and O–H groups in total. The molecule has 1 aliphatic heterocycles. The molecule has 0 amide bonds. The number of ether oxygens (including phenoxy) is 1. The molecular weight excluding hydrogens is 236 g/mol. The smallest absolute Gasteiger partial charge is 0.164 e. The van der Waals surface area contributed by atoms with Crippen LogP contribution in [-0.4, -0.2) is 29.4 Å². The van der Waals surface area contributed by atoms with E-state index in [0.717, 1.165) is 35.9 Å². The van der Waals surface area contributed by atoms with E-state index in [-0.39, 0.29) is 5.78 Å². The molecule has 2 rings (SSSR count). The number of Topliss-reactive ketones (excluding diaryl/α,β-unsaturated/α-hetero) is 1. The van der Waals surface area contributed by atoms with E-state index in [4.69, 9.17) is 4.74 Å².